The number of H-pyrrole nitrogens is 1. The fraction of sp³-hybridized carbons (Fsp3) is 0.200. The summed E-state index contributed by atoms with van der Waals surface area (Å²) in [5.41, 5.74) is 2.44. The average molecular weight is 362 g/mol. The van der Waals surface area contributed by atoms with Crippen molar-refractivity contribution in [3.05, 3.63) is 58.9 Å². The van der Waals surface area contributed by atoms with Crippen molar-refractivity contribution in [1.82, 2.24) is 14.5 Å². The predicted octanol–water partition coefficient (Wildman–Crippen LogP) is 2.41. The van der Waals surface area contributed by atoms with Gasteiger partial charge in [-0.2, -0.15) is 0 Å². The average Bonchev–Trinajstić information content (AvgIpc) is 3.13. The second kappa shape index (κ2) is 6.14. The van der Waals surface area contributed by atoms with Crippen molar-refractivity contribution in [2.24, 2.45) is 0 Å². The number of aromatic nitrogens is 3. The molecule has 4 aromatic rings. The van der Waals surface area contributed by atoms with Crippen LogP contribution in [0, 0.1) is 0 Å². The van der Waals surface area contributed by atoms with Gasteiger partial charge in [0.1, 0.15) is 5.52 Å². The molecule has 3 heterocycles. The Balaban J connectivity index is 1.69. The lowest BCUT2D eigenvalue weighted by molar-refractivity contribution is 0.122. The zero-order valence-electron chi connectivity index (χ0n) is 14.6. The normalized spacial score (nSPS) is 14.9. The molecule has 0 radical (unpaired) electrons. The number of anilines is 1. The molecule has 1 saturated heterocycles. The van der Waals surface area contributed by atoms with E-state index in [4.69, 9.17) is 4.74 Å². The highest BCUT2D eigenvalue weighted by atomic mass is 16.5. The fourth-order valence-electron chi connectivity index (χ4n) is 3.61. The van der Waals surface area contributed by atoms with Crippen molar-refractivity contribution in [2.45, 2.75) is 0 Å². The first-order valence-electron chi connectivity index (χ1n) is 8.88. The molecule has 0 atom stereocenters. The summed E-state index contributed by atoms with van der Waals surface area (Å²) in [6.45, 7) is 2.71. The van der Waals surface area contributed by atoms with E-state index in [1.54, 1.807) is 6.07 Å². The fourth-order valence-corrected chi connectivity index (χ4v) is 3.61. The number of nitrogens with one attached hydrogen (secondary N) is 1. The highest BCUT2D eigenvalue weighted by molar-refractivity contribution is 5.89. The minimum Gasteiger partial charge on any atom is -0.504 e. The Morgan fingerprint density at radius 2 is 1.85 bits per heavy atom. The minimum atomic E-state index is -0.180. The van der Waals surface area contributed by atoms with Gasteiger partial charge in [0.2, 0.25) is 5.95 Å². The van der Waals surface area contributed by atoms with E-state index in [2.05, 4.69) is 14.9 Å². The van der Waals surface area contributed by atoms with Gasteiger partial charge in [0.15, 0.2) is 5.75 Å². The van der Waals surface area contributed by atoms with Gasteiger partial charge in [-0.05, 0) is 29.7 Å². The Labute approximate surface area is 154 Å². The van der Waals surface area contributed by atoms with E-state index in [0.717, 1.165) is 29.7 Å². The van der Waals surface area contributed by atoms with Crippen molar-refractivity contribution in [3.63, 3.8) is 0 Å². The van der Waals surface area contributed by atoms with Gasteiger partial charge in [0.25, 0.3) is 5.56 Å². The van der Waals surface area contributed by atoms with E-state index in [1.165, 1.54) is 10.6 Å². The van der Waals surface area contributed by atoms with E-state index in [0.29, 0.717) is 30.2 Å². The lowest BCUT2D eigenvalue weighted by atomic mass is 10.2. The Morgan fingerprint density at radius 1 is 1.04 bits per heavy atom. The van der Waals surface area contributed by atoms with Crippen molar-refractivity contribution >= 4 is 27.6 Å². The molecule has 136 valence electrons. The highest BCUT2D eigenvalue weighted by Gasteiger charge is 2.19. The first kappa shape index (κ1) is 15.9. The topological polar surface area (TPSA) is 83.4 Å². The molecule has 0 unspecified atom stereocenters. The van der Waals surface area contributed by atoms with Gasteiger partial charge in [-0.15, -0.1) is 0 Å². The number of pyridine rings is 1. The second-order valence-corrected chi connectivity index (χ2v) is 6.56. The van der Waals surface area contributed by atoms with Crippen LogP contribution in [0.25, 0.3) is 27.9 Å². The number of phenolic OH excluding ortho intramolecular Hbond substituents is 1. The molecule has 7 heteroatoms. The summed E-state index contributed by atoms with van der Waals surface area (Å²) < 4.78 is 6.91. The summed E-state index contributed by atoms with van der Waals surface area (Å²) in [5, 5.41) is 11.7. The van der Waals surface area contributed by atoms with Crippen molar-refractivity contribution < 1.29 is 9.84 Å². The molecule has 0 amide bonds. The first-order chi connectivity index (χ1) is 13.2. The van der Waals surface area contributed by atoms with Crippen LogP contribution in [-0.4, -0.2) is 45.9 Å². The minimum absolute atomic E-state index is 0.116. The second-order valence-electron chi connectivity index (χ2n) is 6.56. The molecule has 7 nitrogen and oxygen atoms in total. The zero-order valence-corrected chi connectivity index (χ0v) is 14.6. The number of nitrogens with zero attached hydrogens (tertiary/aromatic N) is 3. The SMILES string of the molecule is O=c1ccc2ccccc2n1-c1nc2c(O)c(N3CCOCC3)ccc2[nH]1. The van der Waals surface area contributed by atoms with Gasteiger partial charge in [-0.3, -0.25) is 4.79 Å². The number of aromatic hydroxyl groups is 1. The van der Waals surface area contributed by atoms with E-state index in [9.17, 15) is 9.90 Å². The first-order valence-corrected chi connectivity index (χ1v) is 8.88. The Kier molecular flexibility index (Phi) is 3.61. The number of hydrogen-bond acceptors (Lipinski definition) is 5. The van der Waals surface area contributed by atoms with Crippen LogP contribution >= 0.6 is 0 Å². The number of morpholine rings is 1. The molecule has 5 rings (SSSR count). The monoisotopic (exact) mass is 362 g/mol. The number of benzene rings is 2. The van der Waals surface area contributed by atoms with Crippen molar-refractivity contribution in [2.75, 3.05) is 31.2 Å². The number of aromatic amines is 1. The molecular formula is C20H18N4O3. The molecule has 2 aromatic heterocycles. The number of phenols is 1. The molecule has 1 fully saturated rings. The Morgan fingerprint density at radius 3 is 2.70 bits per heavy atom. The third-order valence-corrected chi connectivity index (χ3v) is 4.96. The van der Waals surface area contributed by atoms with Crippen LogP contribution in [0.2, 0.25) is 0 Å². The van der Waals surface area contributed by atoms with Crippen LogP contribution in [0.1, 0.15) is 0 Å². The van der Waals surface area contributed by atoms with E-state index < -0.39 is 0 Å². The van der Waals surface area contributed by atoms with E-state index in [1.807, 2.05) is 36.4 Å². The number of fused-ring (bicyclic) bond motifs is 2. The molecule has 27 heavy (non-hydrogen) atoms. The van der Waals surface area contributed by atoms with Crippen LogP contribution in [0.15, 0.2) is 53.3 Å². The van der Waals surface area contributed by atoms with Gasteiger partial charge >= 0.3 is 0 Å². The van der Waals surface area contributed by atoms with Gasteiger partial charge < -0.3 is 19.7 Å². The number of rotatable bonds is 2. The van der Waals surface area contributed by atoms with Gasteiger partial charge in [-0.25, -0.2) is 9.55 Å². The van der Waals surface area contributed by atoms with Crippen LogP contribution < -0.4 is 10.5 Å². The number of ether oxygens (including phenoxy) is 1. The van der Waals surface area contributed by atoms with Crippen LogP contribution in [-0.2, 0) is 4.74 Å². The van der Waals surface area contributed by atoms with Crippen LogP contribution in [0.5, 0.6) is 5.75 Å². The zero-order chi connectivity index (χ0) is 18.4. The van der Waals surface area contributed by atoms with Crippen molar-refractivity contribution in [1.29, 1.82) is 0 Å². The maximum atomic E-state index is 12.5. The molecule has 2 aromatic carbocycles. The third kappa shape index (κ3) is 2.55. The number of para-hydroxylation sites is 1. The smallest absolute Gasteiger partial charge is 0.257 e. The molecule has 1 aliphatic heterocycles. The summed E-state index contributed by atoms with van der Waals surface area (Å²) in [7, 11) is 0. The summed E-state index contributed by atoms with van der Waals surface area (Å²) in [4.78, 5) is 22.3. The molecule has 0 saturated carbocycles. The molecule has 0 spiro atoms. The Hall–Kier alpha value is -3.32. The highest BCUT2D eigenvalue weighted by Crippen LogP contribution is 2.35. The molecule has 0 aliphatic carbocycles. The van der Waals surface area contributed by atoms with Crippen LogP contribution in [0.4, 0.5) is 5.69 Å². The maximum absolute atomic E-state index is 12.5. The maximum Gasteiger partial charge on any atom is 0.257 e. The summed E-state index contributed by atoms with van der Waals surface area (Å²) >= 11 is 0. The molecule has 0 bridgehead atoms. The summed E-state index contributed by atoms with van der Waals surface area (Å²) in [6, 6.07) is 14.7. The molecular weight excluding hydrogens is 344 g/mol. The van der Waals surface area contributed by atoms with Gasteiger partial charge in [0.05, 0.1) is 29.9 Å². The van der Waals surface area contributed by atoms with Gasteiger partial charge in [-0.1, -0.05) is 18.2 Å². The number of imidazole rings is 1. The quantitative estimate of drug-likeness (QED) is 0.572. The molecule has 1 aliphatic rings. The van der Waals surface area contributed by atoms with E-state index >= 15 is 0 Å². The predicted molar refractivity (Wildman–Crippen MR) is 104 cm³/mol. The lowest BCUT2D eigenvalue weighted by Gasteiger charge is -2.29. The third-order valence-electron chi connectivity index (χ3n) is 4.96. The van der Waals surface area contributed by atoms with Crippen LogP contribution in [0.3, 0.4) is 0 Å². The summed E-state index contributed by atoms with van der Waals surface area (Å²) in [5.74, 6) is 0.506. The Bertz CT molecular complexity index is 1210. The van der Waals surface area contributed by atoms with Gasteiger partial charge in [0, 0.05) is 19.2 Å². The van der Waals surface area contributed by atoms with Crippen molar-refractivity contribution in [3.8, 4) is 11.7 Å². The lowest BCUT2D eigenvalue weighted by Crippen LogP contribution is -2.36. The molecule has 2 N–H and O–H groups in total. The largest absolute Gasteiger partial charge is 0.504 e. The van der Waals surface area contributed by atoms with E-state index in [-0.39, 0.29) is 11.3 Å². The standard InChI is InChI=1S/C20H18N4O3/c25-17-8-5-13-3-1-2-4-15(13)24(17)20-21-14-6-7-16(19(26)18(14)22-20)23-9-11-27-12-10-23/h1-8,26H,9-12H2,(H,21,22). The number of hydrogen-bond donors (Lipinski definition) is 2. The summed E-state index contributed by atoms with van der Waals surface area (Å²) in [6.07, 6.45) is 0.